The minimum Gasteiger partial charge on any atom is -0.450 e. The van der Waals surface area contributed by atoms with Gasteiger partial charge in [0.2, 0.25) is 0 Å². The lowest BCUT2D eigenvalue weighted by Gasteiger charge is -2.33. The Hall–Kier alpha value is -0.480. The van der Waals surface area contributed by atoms with Gasteiger partial charge in [-0.15, -0.1) is 11.6 Å². The van der Waals surface area contributed by atoms with Gasteiger partial charge in [-0.05, 0) is 19.9 Å². The quantitative estimate of drug-likeness (QED) is 0.690. The third kappa shape index (κ3) is 4.26. The number of piperazine rings is 1. The highest BCUT2D eigenvalue weighted by Gasteiger charge is 2.21. The van der Waals surface area contributed by atoms with Crippen LogP contribution in [-0.2, 0) is 4.74 Å². The zero-order chi connectivity index (χ0) is 11.1. The zero-order valence-corrected chi connectivity index (χ0v) is 10.0. The first-order chi connectivity index (χ1) is 7.27. The third-order valence-corrected chi connectivity index (χ3v) is 2.77. The molecule has 15 heavy (non-hydrogen) atoms. The van der Waals surface area contributed by atoms with E-state index in [2.05, 4.69) is 4.90 Å². The molecule has 0 unspecified atom stereocenters. The maximum atomic E-state index is 11.4. The molecule has 0 aromatic heterocycles. The fraction of sp³-hybridized carbons (Fsp3) is 0.900. The smallest absolute Gasteiger partial charge is 0.409 e. The molecule has 88 valence electrons. The molecule has 0 bridgehead atoms. The molecule has 0 spiro atoms. The van der Waals surface area contributed by atoms with Gasteiger partial charge in [0.1, 0.15) is 0 Å². The van der Waals surface area contributed by atoms with Crippen molar-refractivity contribution in [1.82, 2.24) is 9.80 Å². The maximum absolute atomic E-state index is 11.4. The van der Waals surface area contributed by atoms with Crippen molar-refractivity contribution in [2.24, 2.45) is 0 Å². The SMILES string of the molecule is CCOC(=O)N1CCN(CCCCl)CC1. The molecule has 0 radical (unpaired) electrons. The monoisotopic (exact) mass is 234 g/mol. The number of carbonyl (C=O) groups is 1. The van der Waals surface area contributed by atoms with Crippen LogP contribution >= 0.6 is 11.6 Å². The lowest BCUT2D eigenvalue weighted by molar-refractivity contribution is 0.0798. The summed E-state index contributed by atoms with van der Waals surface area (Å²) < 4.78 is 4.95. The molecular formula is C10H19ClN2O2. The molecule has 1 aliphatic rings. The largest absolute Gasteiger partial charge is 0.450 e. The molecule has 0 aliphatic carbocycles. The van der Waals surface area contributed by atoms with Crippen LogP contribution in [0.1, 0.15) is 13.3 Å². The minimum atomic E-state index is -0.186. The second kappa shape index (κ2) is 6.90. The van der Waals surface area contributed by atoms with Crippen molar-refractivity contribution >= 4 is 17.7 Å². The van der Waals surface area contributed by atoms with Crippen molar-refractivity contribution in [1.29, 1.82) is 0 Å². The van der Waals surface area contributed by atoms with Crippen LogP contribution in [-0.4, -0.2) is 61.1 Å². The highest BCUT2D eigenvalue weighted by Crippen LogP contribution is 2.04. The van der Waals surface area contributed by atoms with Gasteiger partial charge < -0.3 is 9.64 Å². The van der Waals surface area contributed by atoms with E-state index in [4.69, 9.17) is 16.3 Å². The van der Waals surface area contributed by atoms with Crippen molar-refractivity contribution in [3.8, 4) is 0 Å². The fourth-order valence-electron chi connectivity index (χ4n) is 1.65. The highest BCUT2D eigenvalue weighted by atomic mass is 35.5. The second-order valence-electron chi connectivity index (χ2n) is 3.57. The minimum absolute atomic E-state index is 0.186. The van der Waals surface area contributed by atoms with E-state index < -0.39 is 0 Å². The van der Waals surface area contributed by atoms with Crippen LogP contribution in [0.15, 0.2) is 0 Å². The molecule has 0 saturated carbocycles. The molecule has 5 heteroatoms. The van der Waals surface area contributed by atoms with Crippen molar-refractivity contribution in [2.45, 2.75) is 13.3 Å². The third-order valence-electron chi connectivity index (χ3n) is 2.51. The van der Waals surface area contributed by atoms with Gasteiger partial charge in [0.25, 0.3) is 0 Å². The van der Waals surface area contributed by atoms with Crippen molar-refractivity contribution in [2.75, 3.05) is 45.2 Å². The first kappa shape index (κ1) is 12.6. The van der Waals surface area contributed by atoms with E-state index in [1.165, 1.54) is 0 Å². The summed E-state index contributed by atoms with van der Waals surface area (Å²) in [6.45, 7) is 6.69. The van der Waals surface area contributed by atoms with E-state index in [0.29, 0.717) is 12.5 Å². The van der Waals surface area contributed by atoms with E-state index in [-0.39, 0.29) is 6.09 Å². The summed E-state index contributed by atoms with van der Waals surface area (Å²) >= 11 is 5.63. The van der Waals surface area contributed by atoms with Crippen LogP contribution in [0.4, 0.5) is 4.79 Å². The molecular weight excluding hydrogens is 216 g/mol. The second-order valence-corrected chi connectivity index (χ2v) is 3.95. The Labute approximate surface area is 96.1 Å². The molecule has 0 aromatic rings. The number of hydrogen-bond acceptors (Lipinski definition) is 3. The number of halogens is 1. The molecule has 1 aliphatic heterocycles. The molecule has 1 heterocycles. The van der Waals surface area contributed by atoms with Gasteiger partial charge in [-0.25, -0.2) is 4.79 Å². The molecule has 1 fully saturated rings. The molecule has 1 amide bonds. The molecule has 1 saturated heterocycles. The number of amides is 1. The highest BCUT2D eigenvalue weighted by molar-refractivity contribution is 6.17. The van der Waals surface area contributed by atoms with Crippen molar-refractivity contribution in [3.05, 3.63) is 0 Å². The Morgan fingerprint density at radius 1 is 1.33 bits per heavy atom. The molecule has 0 N–H and O–H groups in total. The van der Waals surface area contributed by atoms with Gasteiger partial charge >= 0.3 is 6.09 Å². The molecule has 0 atom stereocenters. The van der Waals surface area contributed by atoms with E-state index in [0.717, 1.165) is 39.1 Å². The topological polar surface area (TPSA) is 32.8 Å². The number of hydrogen-bond donors (Lipinski definition) is 0. The predicted octanol–water partition coefficient (Wildman–Crippen LogP) is 1.39. The van der Waals surface area contributed by atoms with E-state index >= 15 is 0 Å². The lowest BCUT2D eigenvalue weighted by atomic mass is 10.3. The number of nitrogens with zero attached hydrogens (tertiary/aromatic N) is 2. The number of rotatable bonds is 4. The molecule has 1 rings (SSSR count). The zero-order valence-electron chi connectivity index (χ0n) is 9.25. The normalized spacial score (nSPS) is 17.9. The Balaban J connectivity index is 2.20. The van der Waals surface area contributed by atoms with Gasteiger partial charge in [-0.1, -0.05) is 0 Å². The van der Waals surface area contributed by atoms with Crippen molar-refractivity contribution in [3.63, 3.8) is 0 Å². The summed E-state index contributed by atoms with van der Waals surface area (Å²) in [6, 6.07) is 0. The van der Waals surface area contributed by atoms with Crippen LogP contribution in [0.25, 0.3) is 0 Å². The van der Waals surface area contributed by atoms with E-state index in [1.807, 2.05) is 6.92 Å². The number of carbonyl (C=O) groups excluding carboxylic acids is 1. The van der Waals surface area contributed by atoms with Gasteiger partial charge in [-0.3, -0.25) is 4.90 Å². The summed E-state index contributed by atoms with van der Waals surface area (Å²) in [6.07, 6.45) is 0.829. The van der Waals surface area contributed by atoms with Crippen LogP contribution in [0.5, 0.6) is 0 Å². The predicted molar refractivity (Wildman–Crippen MR) is 60.4 cm³/mol. The van der Waals surface area contributed by atoms with Gasteiger partial charge in [-0.2, -0.15) is 0 Å². The summed E-state index contributed by atoms with van der Waals surface area (Å²) in [4.78, 5) is 15.5. The summed E-state index contributed by atoms with van der Waals surface area (Å²) in [5, 5.41) is 0. The maximum Gasteiger partial charge on any atom is 0.409 e. The molecule has 4 nitrogen and oxygen atoms in total. The van der Waals surface area contributed by atoms with Crippen molar-refractivity contribution < 1.29 is 9.53 Å². The standard InChI is InChI=1S/C10H19ClN2O2/c1-2-15-10(14)13-8-6-12(7-9-13)5-3-4-11/h2-9H2,1H3. The number of ether oxygens (including phenoxy) is 1. The summed E-state index contributed by atoms with van der Waals surface area (Å²) in [5.41, 5.74) is 0. The Morgan fingerprint density at radius 3 is 2.53 bits per heavy atom. The average Bonchev–Trinajstić information content (AvgIpc) is 2.27. The number of alkyl halides is 1. The van der Waals surface area contributed by atoms with Gasteiger partial charge in [0, 0.05) is 32.1 Å². The van der Waals surface area contributed by atoms with Gasteiger partial charge in [0.15, 0.2) is 0 Å². The Kier molecular flexibility index (Phi) is 5.79. The van der Waals surface area contributed by atoms with Crippen LogP contribution in [0.2, 0.25) is 0 Å². The Bertz CT molecular complexity index is 194. The van der Waals surface area contributed by atoms with E-state index in [1.54, 1.807) is 4.90 Å². The van der Waals surface area contributed by atoms with Crippen LogP contribution < -0.4 is 0 Å². The van der Waals surface area contributed by atoms with Crippen LogP contribution in [0.3, 0.4) is 0 Å². The first-order valence-corrected chi connectivity index (χ1v) is 6.01. The lowest BCUT2D eigenvalue weighted by Crippen LogP contribution is -2.49. The summed E-state index contributed by atoms with van der Waals surface area (Å²) in [5.74, 6) is 0.706. The van der Waals surface area contributed by atoms with Gasteiger partial charge in [0.05, 0.1) is 6.61 Å². The summed E-state index contributed by atoms with van der Waals surface area (Å²) in [7, 11) is 0. The van der Waals surface area contributed by atoms with E-state index in [9.17, 15) is 4.79 Å². The fourth-order valence-corrected chi connectivity index (χ4v) is 1.77. The van der Waals surface area contributed by atoms with Crippen LogP contribution in [0, 0.1) is 0 Å². The first-order valence-electron chi connectivity index (χ1n) is 5.48. The Morgan fingerprint density at radius 2 is 2.00 bits per heavy atom. The average molecular weight is 235 g/mol. The molecule has 0 aromatic carbocycles.